The molecule has 0 spiro atoms. The molecule has 1 unspecified atom stereocenters. The van der Waals surface area contributed by atoms with Gasteiger partial charge < -0.3 is 19.5 Å². The van der Waals surface area contributed by atoms with Gasteiger partial charge in [0.2, 0.25) is 0 Å². The van der Waals surface area contributed by atoms with Crippen molar-refractivity contribution < 1.29 is 24.2 Å². The second kappa shape index (κ2) is 10.6. The average Bonchev–Trinajstić information content (AvgIpc) is 3.51. The van der Waals surface area contributed by atoms with Crippen LogP contribution in [0.2, 0.25) is 0 Å². The van der Waals surface area contributed by atoms with Crippen molar-refractivity contribution >= 4 is 44.7 Å². The molecule has 1 saturated heterocycles. The number of para-hydroxylation sites is 1. The van der Waals surface area contributed by atoms with Gasteiger partial charge in [0.05, 0.1) is 29.7 Å². The third-order valence-corrected chi connectivity index (χ3v) is 7.51. The third kappa shape index (κ3) is 5.03. The number of hydrogen-bond acceptors (Lipinski definition) is 6. The van der Waals surface area contributed by atoms with Gasteiger partial charge in [-0.15, -0.1) is 11.3 Å². The van der Waals surface area contributed by atoms with Gasteiger partial charge in [0, 0.05) is 10.4 Å². The molecule has 8 heteroatoms. The predicted octanol–water partition coefficient (Wildman–Crippen LogP) is 6.93. The number of aliphatic hydroxyl groups excluding tert-OH is 1. The molecule has 0 radical (unpaired) electrons. The fraction of sp³-hybridized carbons (Fsp3) is 0.103. The normalized spacial score (nSPS) is 16.7. The number of Topliss-reactive ketones (excluding diaryl/α,β-unsaturated/α-hetero) is 1. The molecule has 1 fully saturated rings. The third-order valence-electron chi connectivity index (χ3n) is 6.02. The largest absolute Gasteiger partial charge is 0.507 e. The highest BCUT2D eigenvalue weighted by Gasteiger charge is 2.46. The van der Waals surface area contributed by atoms with E-state index in [1.165, 1.54) is 16.2 Å². The summed E-state index contributed by atoms with van der Waals surface area (Å²) in [5.74, 6) is 0.141. The van der Waals surface area contributed by atoms with E-state index in [0.29, 0.717) is 32.8 Å². The molecular weight excluding hydrogens is 554 g/mol. The van der Waals surface area contributed by atoms with E-state index in [-0.39, 0.29) is 17.9 Å². The second-order valence-corrected chi connectivity index (χ2v) is 10.2. The summed E-state index contributed by atoms with van der Waals surface area (Å²) in [6.45, 7) is 0.236. The number of aliphatic hydroxyl groups is 1. The number of hydrogen-bond donors (Lipinski definition) is 1. The quantitative estimate of drug-likeness (QED) is 0.147. The molecule has 6 nitrogen and oxygen atoms in total. The lowest BCUT2D eigenvalue weighted by molar-refractivity contribution is -0.140. The molecule has 1 aliphatic heterocycles. The van der Waals surface area contributed by atoms with Crippen LogP contribution in [0.1, 0.15) is 22.0 Å². The number of ketones is 1. The van der Waals surface area contributed by atoms with E-state index in [2.05, 4.69) is 15.9 Å². The van der Waals surface area contributed by atoms with Crippen LogP contribution in [0.15, 0.2) is 100 Å². The molecule has 5 rings (SSSR count). The highest BCUT2D eigenvalue weighted by molar-refractivity contribution is 9.10. The maximum Gasteiger partial charge on any atom is 0.295 e. The molecule has 37 heavy (non-hydrogen) atoms. The van der Waals surface area contributed by atoms with Gasteiger partial charge in [0.15, 0.2) is 0 Å². The van der Waals surface area contributed by atoms with Gasteiger partial charge in [-0.3, -0.25) is 9.59 Å². The number of nitrogens with zero attached hydrogens (tertiary/aromatic N) is 1. The van der Waals surface area contributed by atoms with Crippen LogP contribution in [0.4, 0.5) is 0 Å². The monoisotopic (exact) mass is 575 g/mol. The minimum atomic E-state index is -0.803. The first-order chi connectivity index (χ1) is 18.0. The highest BCUT2D eigenvalue weighted by atomic mass is 79.9. The number of halogens is 1. The van der Waals surface area contributed by atoms with Crippen molar-refractivity contribution in [3.8, 4) is 17.2 Å². The summed E-state index contributed by atoms with van der Waals surface area (Å²) in [7, 11) is 1.54. The topological polar surface area (TPSA) is 76.1 Å². The molecule has 1 amide bonds. The molecule has 0 bridgehead atoms. The van der Waals surface area contributed by atoms with Gasteiger partial charge >= 0.3 is 0 Å². The fourth-order valence-corrected chi connectivity index (χ4v) is 5.55. The molecular formula is C29H22BrNO5S. The van der Waals surface area contributed by atoms with Crippen molar-refractivity contribution in [1.29, 1.82) is 0 Å². The van der Waals surface area contributed by atoms with E-state index < -0.39 is 17.7 Å². The minimum Gasteiger partial charge on any atom is -0.507 e. The lowest BCUT2D eigenvalue weighted by Gasteiger charge is -2.25. The number of carbonyl (C=O) groups excluding carboxylic acids is 2. The Balaban J connectivity index is 1.62. The molecule has 1 aromatic heterocycles. The van der Waals surface area contributed by atoms with E-state index >= 15 is 0 Å². The van der Waals surface area contributed by atoms with E-state index in [1.54, 1.807) is 31.4 Å². The molecule has 2 heterocycles. The van der Waals surface area contributed by atoms with E-state index in [1.807, 2.05) is 66.0 Å². The van der Waals surface area contributed by atoms with Gasteiger partial charge in [-0.25, -0.2) is 0 Å². The van der Waals surface area contributed by atoms with Crippen LogP contribution in [0.25, 0.3) is 5.76 Å². The Morgan fingerprint density at radius 2 is 1.76 bits per heavy atom. The first-order valence-corrected chi connectivity index (χ1v) is 13.1. The zero-order valence-electron chi connectivity index (χ0n) is 19.8. The van der Waals surface area contributed by atoms with Gasteiger partial charge in [0.25, 0.3) is 11.7 Å². The molecule has 1 aliphatic rings. The summed E-state index contributed by atoms with van der Waals surface area (Å²) >= 11 is 4.93. The number of likely N-dealkylation sites (tertiary alicyclic amines) is 1. The maximum atomic E-state index is 13.4. The number of rotatable bonds is 7. The van der Waals surface area contributed by atoms with Crippen molar-refractivity contribution in [3.63, 3.8) is 0 Å². The Bertz CT molecular complexity index is 1480. The summed E-state index contributed by atoms with van der Waals surface area (Å²) in [6, 6.07) is 24.6. The van der Waals surface area contributed by atoms with Gasteiger partial charge in [-0.05, 0) is 75.4 Å². The van der Waals surface area contributed by atoms with E-state index in [4.69, 9.17) is 9.47 Å². The van der Waals surface area contributed by atoms with Gasteiger partial charge in [-0.1, -0.05) is 36.4 Å². The highest BCUT2D eigenvalue weighted by Crippen LogP contribution is 2.42. The predicted molar refractivity (Wildman–Crippen MR) is 146 cm³/mol. The zero-order valence-corrected chi connectivity index (χ0v) is 22.2. The van der Waals surface area contributed by atoms with Crippen molar-refractivity contribution in [2.24, 2.45) is 0 Å². The number of amides is 1. The van der Waals surface area contributed by atoms with Gasteiger partial charge in [-0.2, -0.15) is 0 Å². The van der Waals surface area contributed by atoms with Gasteiger partial charge in [0.1, 0.15) is 23.0 Å². The standard InChI is InChI=1S/C29H22BrNO5S/c1-35-24-13-12-19(16-23(24)30)27(32)25-26(31(29(34)28(25)33)17-22-11-6-14-37-22)18-7-5-10-21(15-18)36-20-8-3-2-4-9-20/h2-16,26,32H,17H2,1H3/b27-25+. The fourth-order valence-electron chi connectivity index (χ4n) is 4.30. The maximum absolute atomic E-state index is 13.4. The summed E-state index contributed by atoms with van der Waals surface area (Å²) in [5.41, 5.74) is 1.07. The Morgan fingerprint density at radius 3 is 2.46 bits per heavy atom. The van der Waals surface area contributed by atoms with Crippen LogP contribution in [-0.4, -0.2) is 28.8 Å². The molecule has 0 saturated carbocycles. The SMILES string of the molecule is COc1ccc(/C(O)=C2\C(=O)C(=O)N(Cc3cccs3)C2c2cccc(Oc3ccccc3)c2)cc1Br. The molecule has 1 N–H and O–H groups in total. The molecule has 4 aromatic rings. The molecule has 0 aliphatic carbocycles. The Hall–Kier alpha value is -3.88. The van der Waals surface area contributed by atoms with Crippen LogP contribution >= 0.6 is 27.3 Å². The number of methoxy groups -OCH3 is 1. The summed E-state index contributed by atoms with van der Waals surface area (Å²) < 4.78 is 11.9. The number of benzene rings is 3. The van der Waals surface area contributed by atoms with Crippen molar-refractivity contribution in [3.05, 3.63) is 116 Å². The van der Waals surface area contributed by atoms with Crippen molar-refractivity contribution in [1.82, 2.24) is 4.90 Å². The van der Waals surface area contributed by atoms with Crippen LogP contribution in [0.5, 0.6) is 17.2 Å². The average molecular weight is 576 g/mol. The molecule has 3 aromatic carbocycles. The van der Waals surface area contributed by atoms with Crippen LogP contribution in [0.3, 0.4) is 0 Å². The van der Waals surface area contributed by atoms with Crippen molar-refractivity contribution in [2.45, 2.75) is 12.6 Å². The van der Waals surface area contributed by atoms with Crippen LogP contribution in [0, 0.1) is 0 Å². The number of ether oxygens (including phenoxy) is 2. The summed E-state index contributed by atoms with van der Waals surface area (Å²) in [4.78, 5) is 29.1. The van der Waals surface area contributed by atoms with Crippen LogP contribution in [-0.2, 0) is 16.1 Å². The number of carbonyl (C=O) groups is 2. The Labute approximate surface area is 226 Å². The molecule has 1 atom stereocenters. The first kappa shape index (κ1) is 24.8. The first-order valence-electron chi connectivity index (χ1n) is 11.4. The summed E-state index contributed by atoms with van der Waals surface area (Å²) in [5, 5.41) is 13.3. The van der Waals surface area contributed by atoms with Crippen molar-refractivity contribution in [2.75, 3.05) is 7.11 Å². The minimum absolute atomic E-state index is 0.0236. The van der Waals surface area contributed by atoms with Crippen LogP contribution < -0.4 is 9.47 Å². The smallest absolute Gasteiger partial charge is 0.295 e. The van der Waals surface area contributed by atoms with E-state index in [9.17, 15) is 14.7 Å². The van der Waals surface area contributed by atoms with E-state index in [0.717, 1.165) is 4.88 Å². The second-order valence-electron chi connectivity index (χ2n) is 8.34. The molecule has 186 valence electrons. The Kier molecular flexibility index (Phi) is 7.12. The number of thiophene rings is 1. The Morgan fingerprint density at radius 1 is 0.973 bits per heavy atom. The lowest BCUT2D eigenvalue weighted by atomic mass is 9.95. The lowest BCUT2D eigenvalue weighted by Crippen LogP contribution is -2.28. The zero-order chi connectivity index (χ0) is 25.9. The summed E-state index contributed by atoms with van der Waals surface area (Å²) in [6.07, 6.45) is 0.